The Hall–Kier alpha value is -3.45. The van der Waals surface area contributed by atoms with Gasteiger partial charge < -0.3 is 14.0 Å². The first-order valence-electron chi connectivity index (χ1n) is 11.2. The normalized spacial score (nSPS) is 13.8. The number of rotatable bonds is 7. The number of nitrogens with zero attached hydrogens (tertiary/aromatic N) is 3. The van der Waals surface area contributed by atoms with Crippen molar-refractivity contribution in [2.24, 2.45) is 0 Å². The van der Waals surface area contributed by atoms with Gasteiger partial charge in [-0.25, -0.2) is 4.79 Å². The molecule has 1 aromatic carbocycles. The fourth-order valence-corrected chi connectivity index (χ4v) is 4.15. The van der Waals surface area contributed by atoms with Gasteiger partial charge in [-0.15, -0.1) is 0 Å². The number of hydrogen-bond acceptors (Lipinski definition) is 6. The van der Waals surface area contributed by atoms with Crippen LogP contribution in [0.5, 0.6) is 5.75 Å². The Kier molecular flexibility index (Phi) is 7.19. The van der Waals surface area contributed by atoms with E-state index in [-0.39, 0.29) is 11.3 Å². The van der Waals surface area contributed by atoms with E-state index in [2.05, 4.69) is 41.1 Å². The lowest BCUT2D eigenvalue weighted by Crippen LogP contribution is -2.29. The number of ether oxygens (including phenoxy) is 2. The first kappa shape index (κ1) is 22.7. The molecule has 0 fully saturated rings. The van der Waals surface area contributed by atoms with Crippen LogP contribution in [-0.2, 0) is 30.7 Å². The van der Waals surface area contributed by atoms with Crippen molar-refractivity contribution in [1.29, 1.82) is 0 Å². The second-order valence-electron chi connectivity index (χ2n) is 8.24. The molecule has 1 aliphatic rings. The second kappa shape index (κ2) is 10.4. The van der Waals surface area contributed by atoms with Crippen LogP contribution in [0.3, 0.4) is 0 Å². The van der Waals surface area contributed by atoms with Crippen LogP contribution < -0.4 is 10.3 Å². The number of pyridine rings is 2. The Morgan fingerprint density at radius 3 is 2.64 bits per heavy atom. The number of benzene rings is 1. The molecular formula is C26H29N3O4. The average molecular weight is 448 g/mol. The van der Waals surface area contributed by atoms with Gasteiger partial charge >= 0.3 is 5.97 Å². The molecule has 3 heterocycles. The highest BCUT2D eigenvalue weighted by molar-refractivity contribution is 5.93. The van der Waals surface area contributed by atoms with Crippen LogP contribution in [0.25, 0.3) is 0 Å². The topological polar surface area (TPSA) is 73.7 Å². The molecule has 0 bridgehead atoms. The number of hydrogen-bond donors (Lipinski definition) is 0. The monoisotopic (exact) mass is 447 g/mol. The maximum Gasteiger partial charge on any atom is 0.343 e. The Morgan fingerprint density at radius 1 is 1.09 bits per heavy atom. The molecule has 2 aromatic heterocycles. The van der Waals surface area contributed by atoms with Gasteiger partial charge in [-0.1, -0.05) is 35.9 Å². The molecule has 3 aromatic rings. The summed E-state index contributed by atoms with van der Waals surface area (Å²) in [6, 6.07) is 15.6. The van der Waals surface area contributed by atoms with E-state index in [0.29, 0.717) is 37.3 Å². The predicted molar refractivity (Wildman–Crippen MR) is 126 cm³/mol. The van der Waals surface area contributed by atoms with E-state index in [1.54, 1.807) is 10.8 Å². The van der Waals surface area contributed by atoms with E-state index in [1.807, 2.05) is 18.2 Å². The van der Waals surface area contributed by atoms with E-state index in [1.165, 1.54) is 24.3 Å². The highest BCUT2D eigenvalue weighted by atomic mass is 16.5. The Balaban J connectivity index is 1.55. The third kappa shape index (κ3) is 5.49. The highest BCUT2D eigenvalue weighted by Gasteiger charge is 2.26. The Labute approximate surface area is 193 Å². The summed E-state index contributed by atoms with van der Waals surface area (Å²) in [6.07, 6.45) is 2.86. The summed E-state index contributed by atoms with van der Waals surface area (Å²) in [4.78, 5) is 32.3. The van der Waals surface area contributed by atoms with E-state index < -0.39 is 5.97 Å². The molecule has 7 heteroatoms. The third-order valence-electron chi connectivity index (χ3n) is 5.94. The fourth-order valence-electron chi connectivity index (χ4n) is 4.15. The number of aryl methyl sites for hydroxylation is 1. The molecule has 1 aliphatic heterocycles. The van der Waals surface area contributed by atoms with E-state index in [9.17, 15) is 9.59 Å². The van der Waals surface area contributed by atoms with E-state index in [0.717, 1.165) is 25.3 Å². The molecule has 0 saturated heterocycles. The molecular weight excluding hydrogens is 418 g/mol. The van der Waals surface area contributed by atoms with Gasteiger partial charge in [0.2, 0.25) is 0 Å². The smallest absolute Gasteiger partial charge is 0.343 e. The largest absolute Gasteiger partial charge is 0.492 e. The summed E-state index contributed by atoms with van der Waals surface area (Å²) in [6.45, 7) is 5.14. The Morgan fingerprint density at radius 2 is 1.91 bits per heavy atom. The van der Waals surface area contributed by atoms with Crippen LogP contribution in [-0.4, -0.2) is 47.2 Å². The van der Waals surface area contributed by atoms with Gasteiger partial charge in [0.1, 0.15) is 11.3 Å². The molecule has 0 saturated carbocycles. The summed E-state index contributed by atoms with van der Waals surface area (Å²) in [5, 5.41) is 0. The number of carbonyl (C=O) groups excluding carboxylic acids is 1. The molecule has 4 rings (SSSR count). The molecule has 0 atom stereocenters. The first-order chi connectivity index (χ1) is 16.0. The minimum Gasteiger partial charge on any atom is -0.492 e. The quantitative estimate of drug-likeness (QED) is 0.519. The minimum absolute atomic E-state index is 0.164. The lowest BCUT2D eigenvalue weighted by molar-refractivity contribution is 0.0593. The second-order valence-corrected chi connectivity index (χ2v) is 8.24. The van der Waals surface area contributed by atoms with Crippen molar-refractivity contribution in [3.05, 3.63) is 93.2 Å². The van der Waals surface area contributed by atoms with Crippen LogP contribution in [0.1, 0.15) is 32.9 Å². The van der Waals surface area contributed by atoms with Crippen molar-refractivity contribution < 1.29 is 14.3 Å². The molecule has 0 radical (unpaired) electrons. The SMILES string of the molecule is COC(=O)c1c(OCCc2ccccn2)cc(=O)n2c1CCN(Cc1ccc(C)cc1)CC2. The summed E-state index contributed by atoms with van der Waals surface area (Å²) >= 11 is 0. The zero-order chi connectivity index (χ0) is 23.2. The van der Waals surface area contributed by atoms with Gasteiger partial charge in [-0.2, -0.15) is 0 Å². The average Bonchev–Trinajstić information content (AvgIpc) is 3.04. The summed E-state index contributed by atoms with van der Waals surface area (Å²) < 4.78 is 12.7. The maximum absolute atomic E-state index is 12.9. The van der Waals surface area contributed by atoms with Crippen LogP contribution >= 0.6 is 0 Å². The summed E-state index contributed by atoms with van der Waals surface area (Å²) in [7, 11) is 1.35. The van der Waals surface area contributed by atoms with Gasteiger partial charge in [0.25, 0.3) is 5.56 Å². The maximum atomic E-state index is 12.9. The third-order valence-corrected chi connectivity index (χ3v) is 5.94. The minimum atomic E-state index is -0.487. The molecule has 33 heavy (non-hydrogen) atoms. The zero-order valence-electron chi connectivity index (χ0n) is 19.1. The van der Waals surface area contributed by atoms with Crippen molar-refractivity contribution >= 4 is 5.97 Å². The molecule has 172 valence electrons. The van der Waals surface area contributed by atoms with Crippen molar-refractivity contribution in [3.8, 4) is 5.75 Å². The van der Waals surface area contributed by atoms with E-state index in [4.69, 9.17) is 9.47 Å². The molecule has 0 spiro atoms. The van der Waals surface area contributed by atoms with Gasteiger partial charge in [0.15, 0.2) is 0 Å². The van der Waals surface area contributed by atoms with Crippen LogP contribution in [0.4, 0.5) is 0 Å². The summed E-state index contributed by atoms with van der Waals surface area (Å²) in [5.74, 6) is -0.209. The van der Waals surface area contributed by atoms with Crippen LogP contribution in [0.15, 0.2) is 59.5 Å². The molecule has 0 N–H and O–H groups in total. The van der Waals surface area contributed by atoms with Gasteiger partial charge in [0.05, 0.1) is 13.7 Å². The first-order valence-corrected chi connectivity index (χ1v) is 11.2. The molecule has 0 amide bonds. The van der Waals surface area contributed by atoms with Crippen molar-refractivity contribution in [2.75, 3.05) is 26.8 Å². The lowest BCUT2D eigenvalue weighted by atomic mass is 10.1. The van der Waals surface area contributed by atoms with Crippen molar-refractivity contribution in [1.82, 2.24) is 14.5 Å². The van der Waals surface area contributed by atoms with Crippen LogP contribution in [0, 0.1) is 6.92 Å². The van der Waals surface area contributed by atoms with E-state index >= 15 is 0 Å². The van der Waals surface area contributed by atoms with Crippen LogP contribution in [0.2, 0.25) is 0 Å². The Bertz CT molecular complexity index is 1160. The predicted octanol–water partition coefficient (Wildman–Crippen LogP) is 3.02. The highest BCUT2D eigenvalue weighted by Crippen LogP contribution is 2.24. The number of methoxy groups -OCH3 is 1. The van der Waals surface area contributed by atoms with Gasteiger partial charge in [0, 0.05) is 62.7 Å². The van der Waals surface area contributed by atoms with Gasteiger partial charge in [-0.05, 0) is 24.6 Å². The lowest BCUT2D eigenvalue weighted by Gasteiger charge is -2.19. The fraction of sp³-hybridized carbons (Fsp3) is 0.346. The molecule has 0 aliphatic carbocycles. The van der Waals surface area contributed by atoms with Crippen molar-refractivity contribution in [3.63, 3.8) is 0 Å². The zero-order valence-corrected chi connectivity index (χ0v) is 19.1. The summed E-state index contributed by atoms with van der Waals surface area (Å²) in [5.41, 5.74) is 4.19. The number of esters is 1. The standard InChI is InChI=1S/C26H29N3O4/c1-19-6-8-20(9-7-19)18-28-13-10-22-25(26(31)32-2)23(17-24(30)29(22)15-14-28)33-16-11-21-5-3-4-12-27-21/h3-9,12,17H,10-11,13-16,18H2,1-2H3. The molecule has 7 nitrogen and oxygen atoms in total. The molecule has 0 unspecified atom stereocenters. The number of aromatic nitrogens is 2. The number of carbonyl (C=O) groups is 1. The number of fused-ring (bicyclic) bond motifs is 1. The van der Waals surface area contributed by atoms with Crippen molar-refractivity contribution in [2.45, 2.75) is 32.9 Å². The van der Waals surface area contributed by atoms with Gasteiger partial charge in [-0.3, -0.25) is 14.7 Å².